The highest BCUT2D eigenvalue weighted by atomic mass is 16.3. The maximum Gasteiger partial charge on any atom is 0.159 e. The van der Waals surface area contributed by atoms with Crippen molar-refractivity contribution in [3.8, 4) is 0 Å². The second-order valence-electron chi connectivity index (χ2n) is 3.76. The van der Waals surface area contributed by atoms with Gasteiger partial charge >= 0.3 is 0 Å². The number of allylic oxidation sites excluding steroid dienone is 2. The van der Waals surface area contributed by atoms with E-state index in [9.17, 15) is 9.90 Å². The van der Waals surface area contributed by atoms with Crippen LogP contribution in [0.4, 0.5) is 0 Å². The van der Waals surface area contributed by atoms with Gasteiger partial charge in [-0.15, -0.1) is 0 Å². The van der Waals surface area contributed by atoms with E-state index in [1.54, 1.807) is 6.20 Å². The number of hydrogen-bond acceptors (Lipinski definition) is 4. The van der Waals surface area contributed by atoms with Gasteiger partial charge in [-0.1, -0.05) is 0 Å². The summed E-state index contributed by atoms with van der Waals surface area (Å²) in [6.07, 6.45) is 3.80. The van der Waals surface area contributed by atoms with Crippen molar-refractivity contribution in [2.45, 2.75) is 25.7 Å². The summed E-state index contributed by atoms with van der Waals surface area (Å²) < 4.78 is 0. The number of ketones is 1. The van der Waals surface area contributed by atoms with E-state index in [2.05, 4.69) is 9.97 Å². The van der Waals surface area contributed by atoms with Crippen molar-refractivity contribution < 1.29 is 9.90 Å². The summed E-state index contributed by atoms with van der Waals surface area (Å²) in [5.41, 5.74) is 0.876. The van der Waals surface area contributed by atoms with Gasteiger partial charge in [0.2, 0.25) is 0 Å². The lowest BCUT2D eigenvalue weighted by Crippen LogP contribution is -2.15. The fourth-order valence-electron chi connectivity index (χ4n) is 1.72. The highest BCUT2D eigenvalue weighted by molar-refractivity contribution is 5.91. The Kier molecular flexibility index (Phi) is 2.49. The Bertz CT molecular complexity index is 426. The summed E-state index contributed by atoms with van der Waals surface area (Å²) in [4.78, 5) is 19.6. The van der Waals surface area contributed by atoms with Crippen LogP contribution in [0.25, 0.3) is 0 Å². The Morgan fingerprint density at radius 2 is 2.27 bits per heavy atom. The molecular weight excluding hydrogens is 192 g/mol. The first-order valence-electron chi connectivity index (χ1n) is 4.87. The van der Waals surface area contributed by atoms with Gasteiger partial charge in [-0.05, 0) is 13.0 Å². The zero-order valence-corrected chi connectivity index (χ0v) is 8.47. The Balaban J connectivity index is 2.26. The third-order valence-corrected chi connectivity index (χ3v) is 2.41. The molecule has 1 N–H and O–H groups in total. The number of aryl methyl sites for hydroxylation is 1. The number of carbonyl (C=O) groups is 1. The molecule has 0 amide bonds. The number of nitrogens with zero attached hydrogens (tertiary/aromatic N) is 2. The highest BCUT2D eigenvalue weighted by Crippen LogP contribution is 2.27. The van der Waals surface area contributed by atoms with E-state index < -0.39 is 0 Å². The molecular formula is C11H12N2O2. The summed E-state index contributed by atoms with van der Waals surface area (Å²) in [5, 5.41) is 9.37. The van der Waals surface area contributed by atoms with E-state index in [1.165, 1.54) is 6.08 Å². The van der Waals surface area contributed by atoms with Crippen molar-refractivity contribution in [3.63, 3.8) is 0 Å². The normalized spacial score (nSPS) is 21.3. The second kappa shape index (κ2) is 3.81. The summed E-state index contributed by atoms with van der Waals surface area (Å²) in [6, 6.07) is 1.81. The molecule has 2 rings (SSSR count). The molecule has 0 fully saturated rings. The molecule has 0 saturated heterocycles. The average Bonchev–Trinajstić information content (AvgIpc) is 2.16. The largest absolute Gasteiger partial charge is 0.512 e. The molecule has 15 heavy (non-hydrogen) atoms. The van der Waals surface area contributed by atoms with Crippen LogP contribution in [0.2, 0.25) is 0 Å². The predicted molar refractivity (Wildman–Crippen MR) is 54.5 cm³/mol. The quantitative estimate of drug-likeness (QED) is 0.755. The van der Waals surface area contributed by atoms with Crippen LogP contribution in [0.5, 0.6) is 0 Å². The topological polar surface area (TPSA) is 63.1 Å². The maximum atomic E-state index is 11.3. The van der Waals surface area contributed by atoms with Crippen molar-refractivity contribution in [1.82, 2.24) is 9.97 Å². The van der Waals surface area contributed by atoms with Gasteiger partial charge in [-0.2, -0.15) is 0 Å². The first kappa shape index (κ1) is 9.83. The summed E-state index contributed by atoms with van der Waals surface area (Å²) >= 11 is 0. The van der Waals surface area contributed by atoms with E-state index in [1.807, 2.05) is 13.0 Å². The van der Waals surface area contributed by atoms with Gasteiger partial charge in [-0.3, -0.25) is 4.79 Å². The third-order valence-electron chi connectivity index (χ3n) is 2.41. The Morgan fingerprint density at radius 3 is 2.93 bits per heavy atom. The van der Waals surface area contributed by atoms with Crippen molar-refractivity contribution in [3.05, 3.63) is 35.6 Å². The van der Waals surface area contributed by atoms with E-state index in [0.29, 0.717) is 18.7 Å². The summed E-state index contributed by atoms with van der Waals surface area (Å²) in [5.74, 6) is 0.626. The van der Waals surface area contributed by atoms with Gasteiger partial charge < -0.3 is 5.11 Å². The lowest BCUT2D eigenvalue weighted by molar-refractivity contribution is -0.115. The molecule has 4 heteroatoms. The molecule has 1 aliphatic carbocycles. The van der Waals surface area contributed by atoms with Crippen molar-refractivity contribution in [1.29, 1.82) is 0 Å². The molecule has 0 spiro atoms. The molecule has 0 aliphatic heterocycles. The molecule has 0 saturated carbocycles. The van der Waals surface area contributed by atoms with Crippen molar-refractivity contribution in [2.24, 2.45) is 0 Å². The number of aromatic nitrogens is 2. The van der Waals surface area contributed by atoms with Crippen molar-refractivity contribution >= 4 is 5.78 Å². The zero-order valence-electron chi connectivity index (χ0n) is 8.47. The van der Waals surface area contributed by atoms with Crippen LogP contribution in [0.3, 0.4) is 0 Å². The molecule has 1 aromatic rings. The number of carbonyl (C=O) groups excluding carboxylic acids is 1. The molecule has 0 aromatic carbocycles. The SMILES string of the molecule is Cc1ccnc(C2CC(=O)C=C(O)C2)n1. The Labute approximate surface area is 87.7 Å². The molecule has 4 nitrogen and oxygen atoms in total. The smallest absolute Gasteiger partial charge is 0.159 e. The number of aliphatic hydroxyl groups excluding tert-OH is 1. The standard InChI is InChI=1S/C11H12N2O2/c1-7-2-3-12-11(13-7)8-4-9(14)6-10(15)5-8/h2-3,6,8,14H,4-5H2,1H3. The first-order chi connectivity index (χ1) is 7.15. The fourth-order valence-corrected chi connectivity index (χ4v) is 1.72. The molecule has 0 bridgehead atoms. The van der Waals surface area contributed by atoms with Gasteiger partial charge in [-0.25, -0.2) is 9.97 Å². The number of rotatable bonds is 1. The minimum absolute atomic E-state index is 0.0612. The summed E-state index contributed by atoms with van der Waals surface area (Å²) in [6.45, 7) is 1.88. The van der Waals surface area contributed by atoms with Gasteiger partial charge in [0.25, 0.3) is 0 Å². The summed E-state index contributed by atoms with van der Waals surface area (Å²) in [7, 11) is 0. The fraction of sp³-hybridized carbons (Fsp3) is 0.364. The van der Waals surface area contributed by atoms with Gasteiger partial charge in [0.15, 0.2) is 5.78 Å². The zero-order chi connectivity index (χ0) is 10.8. The molecule has 78 valence electrons. The van der Waals surface area contributed by atoms with Gasteiger partial charge in [0.05, 0.1) is 5.76 Å². The average molecular weight is 204 g/mol. The minimum Gasteiger partial charge on any atom is -0.512 e. The van der Waals surface area contributed by atoms with E-state index in [0.717, 1.165) is 5.69 Å². The molecule has 0 radical (unpaired) electrons. The Morgan fingerprint density at radius 1 is 1.47 bits per heavy atom. The lowest BCUT2D eigenvalue weighted by atomic mass is 9.91. The third kappa shape index (κ3) is 2.21. The number of aliphatic hydroxyl groups is 1. The van der Waals surface area contributed by atoms with Gasteiger partial charge in [0.1, 0.15) is 5.82 Å². The van der Waals surface area contributed by atoms with E-state index >= 15 is 0 Å². The molecule has 1 atom stereocenters. The molecule has 1 aromatic heterocycles. The van der Waals surface area contributed by atoms with Crippen molar-refractivity contribution in [2.75, 3.05) is 0 Å². The first-order valence-corrected chi connectivity index (χ1v) is 4.87. The lowest BCUT2D eigenvalue weighted by Gasteiger charge is -2.17. The maximum absolute atomic E-state index is 11.3. The predicted octanol–water partition coefficient (Wildman–Crippen LogP) is 1.67. The molecule has 1 aliphatic rings. The van der Waals surface area contributed by atoms with E-state index in [-0.39, 0.29) is 17.5 Å². The van der Waals surface area contributed by atoms with Crippen LogP contribution in [0.1, 0.15) is 30.3 Å². The Hall–Kier alpha value is -1.71. The van der Waals surface area contributed by atoms with Crippen LogP contribution < -0.4 is 0 Å². The van der Waals surface area contributed by atoms with Crippen LogP contribution >= 0.6 is 0 Å². The van der Waals surface area contributed by atoms with Gasteiger partial charge in [0, 0.05) is 36.7 Å². The van der Waals surface area contributed by atoms with E-state index in [4.69, 9.17) is 0 Å². The van der Waals surface area contributed by atoms with Crippen LogP contribution in [-0.4, -0.2) is 20.9 Å². The monoisotopic (exact) mass is 204 g/mol. The molecule has 1 heterocycles. The second-order valence-corrected chi connectivity index (χ2v) is 3.76. The number of hydrogen-bond donors (Lipinski definition) is 1. The highest BCUT2D eigenvalue weighted by Gasteiger charge is 2.23. The van der Waals surface area contributed by atoms with Crippen LogP contribution in [0.15, 0.2) is 24.1 Å². The van der Waals surface area contributed by atoms with Crippen LogP contribution in [0, 0.1) is 6.92 Å². The van der Waals surface area contributed by atoms with Crippen LogP contribution in [-0.2, 0) is 4.79 Å². The molecule has 1 unspecified atom stereocenters. The minimum atomic E-state index is -0.0811.